The number of carboxylic acid groups (broad SMARTS) is 1. The van der Waals surface area contributed by atoms with Crippen LogP contribution in [0.4, 0.5) is 0 Å². The lowest BCUT2D eigenvalue weighted by Gasteiger charge is -2.69. The number of aliphatic hydroxyl groups is 1. The Labute approximate surface area is 201 Å². The smallest absolute Gasteiger partial charge is 0.310 e. The fourth-order valence-corrected chi connectivity index (χ4v) is 11.2. The van der Waals surface area contributed by atoms with Gasteiger partial charge in [0, 0.05) is 0 Å². The van der Waals surface area contributed by atoms with Crippen LogP contribution in [0.25, 0.3) is 0 Å². The first-order chi connectivity index (χ1) is 15.3. The van der Waals surface area contributed by atoms with Crippen molar-refractivity contribution in [2.75, 3.05) is 0 Å². The first-order valence-electron chi connectivity index (χ1n) is 13.9. The Balaban J connectivity index is 1.60. The van der Waals surface area contributed by atoms with Gasteiger partial charge in [-0.25, -0.2) is 0 Å². The summed E-state index contributed by atoms with van der Waals surface area (Å²) in [5, 5.41) is 21.4. The third kappa shape index (κ3) is 2.93. The maximum Gasteiger partial charge on any atom is 0.310 e. The molecular formula is C30H48O3. The Morgan fingerprint density at radius 3 is 2.21 bits per heavy atom. The van der Waals surface area contributed by atoms with E-state index < -0.39 is 11.4 Å². The van der Waals surface area contributed by atoms with Gasteiger partial charge in [-0.3, -0.25) is 4.79 Å². The van der Waals surface area contributed by atoms with Crippen LogP contribution in [-0.4, -0.2) is 22.3 Å². The van der Waals surface area contributed by atoms with Gasteiger partial charge in [0.2, 0.25) is 0 Å². The van der Waals surface area contributed by atoms with Crippen LogP contribution < -0.4 is 0 Å². The number of hydrogen-bond acceptors (Lipinski definition) is 2. The average Bonchev–Trinajstić information content (AvgIpc) is 2.73. The Hall–Kier alpha value is -0.830. The minimum absolute atomic E-state index is 0.0255. The number of aliphatic carboxylic acids is 1. The van der Waals surface area contributed by atoms with Crippen molar-refractivity contribution in [3.63, 3.8) is 0 Å². The van der Waals surface area contributed by atoms with E-state index in [1.165, 1.54) is 18.4 Å². The van der Waals surface area contributed by atoms with Crippen molar-refractivity contribution in [2.24, 2.45) is 63.1 Å². The Bertz CT molecular complexity index is 859. The second-order valence-electron chi connectivity index (χ2n) is 14.4. The molecular weight excluding hydrogens is 408 g/mol. The van der Waals surface area contributed by atoms with Crippen molar-refractivity contribution >= 4 is 5.97 Å². The number of aliphatic hydroxyl groups excluding tert-OH is 1. The largest absolute Gasteiger partial charge is 0.481 e. The highest BCUT2D eigenvalue weighted by Crippen LogP contribution is 2.72. The zero-order valence-electron chi connectivity index (χ0n) is 22.2. The second kappa shape index (κ2) is 7.34. The summed E-state index contributed by atoms with van der Waals surface area (Å²) in [5.74, 6) is 2.81. The molecule has 0 spiro atoms. The van der Waals surface area contributed by atoms with Crippen LogP contribution in [0.5, 0.6) is 0 Å². The molecule has 5 rings (SSSR count). The number of hydrogen-bond donors (Lipinski definition) is 2. The summed E-state index contributed by atoms with van der Waals surface area (Å²) in [6.07, 6.45) is 10.7. The molecule has 0 amide bonds. The zero-order chi connectivity index (χ0) is 24.1. The van der Waals surface area contributed by atoms with Crippen LogP contribution in [0.15, 0.2) is 11.6 Å². The average molecular weight is 457 g/mol. The predicted octanol–water partition coefficient (Wildman–Crippen LogP) is 6.95. The minimum atomic E-state index is -0.561. The lowest BCUT2D eigenvalue weighted by molar-refractivity contribution is -0.195. The zero-order valence-corrected chi connectivity index (χ0v) is 22.2. The molecule has 0 aromatic rings. The molecule has 5 aliphatic rings. The summed E-state index contributed by atoms with van der Waals surface area (Å²) < 4.78 is 0. The van der Waals surface area contributed by atoms with Gasteiger partial charge in [-0.2, -0.15) is 0 Å². The molecule has 0 bridgehead atoms. The lowest BCUT2D eigenvalue weighted by atomic mass is 9.35. The summed E-state index contributed by atoms with van der Waals surface area (Å²) in [5.41, 5.74) is 1.44. The molecule has 0 aliphatic heterocycles. The van der Waals surface area contributed by atoms with Gasteiger partial charge < -0.3 is 10.2 Å². The fourth-order valence-electron chi connectivity index (χ4n) is 11.2. The van der Waals surface area contributed by atoms with E-state index in [1.807, 2.05) is 0 Å². The standard InChI is InChI=1S/C30H48O3/c1-17-10-15-30(26(32)33)16-18(2)24-20(25(30)19(17)3)8-9-22-28(6)14-12-23(31)27(4,5)21(28)11-13-29(22,24)7/h8,17-19,21-25,31H,9-16H2,1-7H3,(H,32,33)/t17-,18?,19+,21+,22-,23?,24-,25+,28+,29-,30+/m1/s1. The van der Waals surface area contributed by atoms with Crippen molar-refractivity contribution in [1.82, 2.24) is 0 Å². The van der Waals surface area contributed by atoms with Crippen LogP contribution in [0.1, 0.15) is 99.8 Å². The topological polar surface area (TPSA) is 57.5 Å². The molecule has 2 N–H and O–H groups in total. The Kier molecular flexibility index (Phi) is 5.31. The molecule has 4 fully saturated rings. The van der Waals surface area contributed by atoms with Gasteiger partial charge in [-0.05, 0) is 109 Å². The van der Waals surface area contributed by atoms with Crippen LogP contribution in [0.3, 0.4) is 0 Å². The molecule has 0 radical (unpaired) electrons. The predicted molar refractivity (Wildman–Crippen MR) is 133 cm³/mol. The summed E-state index contributed by atoms with van der Waals surface area (Å²) in [4.78, 5) is 12.8. The normalized spacial score (nSPS) is 55.3. The van der Waals surface area contributed by atoms with E-state index in [4.69, 9.17) is 0 Å². The number of allylic oxidation sites excluding steroid dienone is 2. The van der Waals surface area contributed by atoms with E-state index >= 15 is 0 Å². The number of carbonyl (C=O) groups is 1. The highest BCUT2D eigenvalue weighted by molar-refractivity contribution is 5.76. The van der Waals surface area contributed by atoms with Crippen LogP contribution in [0, 0.1) is 63.1 Å². The number of fused-ring (bicyclic) bond motifs is 7. The summed E-state index contributed by atoms with van der Waals surface area (Å²) in [6, 6.07) is 0. The molecule has 186 valence electrons. The molecule has 0 saturated heterocycles. The molecule has 0 aromatic carbocycles. The first-order valence-corrected chi connectivity index (χ1v) is 13.9. The highest BCUT2D eigenvalue weighted by Gasteiger charge is 2.67. The third-order valence-corrected chi connectivity index (χ3v) is 12.8. The summed E-state index contributed by atoms with van der Waals surface area (Å²) in [7, 11) is 0. The van der Waals surface area contributed by atoms with E-state index in [-0.39, 0.29) is 28.3 Å². The van der Waals surface area contributed by atoms with Crippen molar-refractivity contribution in [3.05, 3.63) is 11.6 Å². The van der Waals surface area contributed by atoms with E-state index in [0.717, 1.165) is 38.5 Å². The summed E-state index contributed by atoms with van der Waals surface area (Å²) >= 11 is 0. The lowest BCUT2D eigenvalue weighted by Crippen LogP contribution is -2.63. The Morgan fingerprint density at radius 1 is 0.879 bits per heavy atom. The van der Waals surface area contributed by atoms with E-state index in [0.29, 0.717) is 35.5 Å². The minimum Gasteiger partial charge on any atom is -0.481 e. The SMILES string of the molecule is CC1C[C@@]2(C(=O)O)CC[C@@H](C)[C@H](C)[C@H]2C2=CC[C@H]3[C@@](C)(CC[C@H]4C(C)(C)C(O)CC[C@]34C)[C@@H]21. The third-order valence-electron chi connectivity index (χ3n) is 12.8. The molecule has 3 nitrogen and oxygen atoms in total. The second-order valence-corrected chi connectivity index (χ2v) is 14.4. The maximum absolute atomic E-state index is 12.8. The number of rotatable bonds is 1. The van der Waals surface area contributed by atoms with Gasteiger partial charge in [-0.1, -0.05) is 60.1 Å². The molecule has 11 atom stereocenters. The van der Waals surface area contributed by atoms with Crippen molar-refractivity contribution in [2.45, 2.75) is 106 Å². The molecule has 0 aromatic heterocycles. The molecule has 33 heavy (non-hydrogen) atoms. The number of carboxylic acids is 1. The monoisotopic (exact) mass is 456 g/mol. The molecule has 5 aliphatic carbocycles. The van der Waals surface area contributed by atoms with Gasteiger partial charge in [0.05, 0.1) is 11.5 Å². The molecule has 4 saturated carbocycles. The summed E-state index contributed by atoms with van der Waals surface area (Å²) in [6.45, 7) is 16.8. The van der Waals surface area contributed by atoms with E-state index in [1.54, 1.807) is 0 Å². The van der Waals surface area contributed by atoms with E-state index in [9.17, 15) is 15.0 Å². The van der Waals surface area contributed by atoms with Crippen molar-refractivity contribution in [3.8, 4) is 0 Å². The van der Waals surface area contributed by atoms with Crippen molar-refractivity contribution in [1.29, 1.82) is 0 Å². The molecule has 3 heteroatoms. The van der Waals surface area contributed by atoms with Crippen LogP contribution in [0.2, 0.25) is 0 Å². The Morgan fingerprint density at radius 2 is 1.55 bits per heavy atom. The molecule has 2 unspecified atom stereocenters. The molecule has 0 heterocycles. The van der Waals surface area contributed by atoms with E-state index in [2.05, 4.69) is 54.5 Å². The van der Waals surface area contributed by atoms with Gasteiger partial charge in [0.1, 0.15) is 0 Å². The van der Waals surface area contributed by atoms with Gasteiger partial charge in [0.15, 0.2) is 0 Å². The fraction of sp³-hybridized carbons (Fsp3) is 0.900. The first kappa shape index (κ1) is 23.9. The maximum atomic E-state index is 12.8. The van der Waals surface area contributed by atoms with Gasteiger partial charge in [-0.15, -0.1) is 0 Å². The van der Waals surface area contributed by atoms with Crippen LogP contribution in [-0.2, 0) is 4.79 Å². The van der Waals surface area contributed by atoms with Crippen LogP contribution >= 0.6 is 0 Å². The van der Waals surface area contributed by atoms with Gasteiger partial charge >= 0.3 is 5.97 Å². The quantitative estimate of drug-likeness (QED) is 0.420. The van der Waals surface area contributed by atoms with Gasteiger partial charge in [0.25, 0.3) is 0 Å². The van der Waals surface area contributed by atoms with Crippen molar-refractivity contribution < 1.29 is 15.0 Å². The highest BCUT2D eigenvalue weighted by atomic mass is 16.4.